The van der Waals surface area contributed by atoms with Gasteiger partial charge in [-0.2, -0.15) is 10.2 Å². The van der Waals surface area contributed by atoms with E-state index in [0.29, 0.717) is 85.0 Å². The minimum absolute atomic E-state index is 0.0355. The summed E-state index contributed by atoms with van der Waals surface area (Å²) in [6.07, 6.45) is 12.6. The molecule has 2 fully saturated rings. The van der Waals surface area contributed by atoms with Crippen LogP contribution >= 0.6 is 23.2 Å². The Morgan fingerprint density at radius 2 is 1.51 bits per heavy atom. The maximum absolute atomic E-state index is 16.2. The molecule has 2 aromatic heterocycles. The first kappa shape index (κ1) is 68.5. The summed E-state index contributed by atoms with van der Waals surface area (Å²) in [5.41, 5.74) is 1.65. The lowest BCUT2D eigenvalue weighted by atomic mass is 9.62. The first-order valence-electron chi connectivity index (χ1n) is 31.4. The number of amides is 4. The number of aromatic nitrogens is 3. The van der Waals surface area contributed by atoms with Gasteiger partial charge in [-0.3, -0.25) is 28.5 Å². The lowest BCUT2D eigenvalue weighted by molar-refractivity contribution is -0.131. The van der Waals surface area contributed by atoms with E-state index < -0.39 is 46.4 Å². The third-order valence-corrected chi connectivity index (χ3v) is 17.8. The number of fused-ring (bicyclic) bond motifs is 1. The van der Waals surface area contributed by atoms with Crippen LogP contribution in [0.4, 0.5) is 37.5 Å². The number of piperazine rings is 1. The number of carbonyl (C=O) groups is 4. The van der Waals surface area contributed by atoms with Crippen molar-refractivity contribution >= 4 is 86.6 Å². The minimum Gasteiger partial charge on any atom is -0.495 e. The molecule has 2 aliphatic rings. The summed E-state index contributed by atoms with van der Waals surface area (Å²) >= 11 is 12.5. The zero-order chi connectivity index (χ0) is 66.6. The summed E-state index contributed by atoms with van der Waals surface area (Å²) in [6.45, 7) is 14.3. The molecule has 2 saturated heterocycles. The molecule has 0 unspecified atom stereocenters. The van der Waals surface area contributed by atoms with Gasteiger partial charge in [0, 0.05) is 102 Å². The number of pyridine rings is 1. The van der Waals surface area contributed by atoms with Crippen molar-refractivity contribution in [2.24, 2.45) is 5.41 Å². The quantitative estimate of drug-likeness (QED) is 0.0252. The average molecular weight is 1310 g/mol. The predicted molar refractivity (Wildman–Crippen MR) is 362 cm³/mol. The second kappa shape index (κ2) is 30.7. The molecule has 5 aromatic carbocycles. The van der Waals surface area contributed by atoms with Crippen LogP contribution in [0.2, 0.25) is 10.0 Å². The van der Waals surface area contributed by atoms with E-state index in [0.717, 1.165) is 75.1 Å². The highest BCUT2D eigenvalue weighted by Crippen LogP contribution is 2.53. The van der Waals surface area contributed by atoms with Gasteiger partial charge in [-0.15, -0.1) is 0 Å². The molecule has 0 saturated carbocycles. The van der Waals surface area contributed by atoms with E-state index in [1.807, 2.05) is 50.8 Å². The number of aryl methyl sites for hydroxylation is 1. The zero-order valence-corrected chi connectivity index (χ0v) is 54.8. The monoisotopic (exact) mass is 1310 g/mol. The summed E-state index contributed by atoms with van der Waals surface area (Å²) in [7, 11) is 3.00. The fourth-order valence-electron chi connectivity index (χ4n) is 12.6. The van der Waals surface area contributed by atoms with Crippen LogP contribution in [0.3, 0.4) is 0 Å². The largest absolute Gasteiger partial charge is 0.495 e. The Bertz CT molecular complexity index is 4020. The normalized spacial score (nSPS) is 17.2. The Morgan fingerprint density at radius 1 is 0.817 bits per heavy atom. The number of halogens is 4. The highest BCUT2D eigenvalue weighted by molar-refractivity contribution is 6.31. The van der Waals surface area contributed by atoms with E-state index in [4.69, 9.17) is 37.7 Å². The zero-order valence-electron chi connectivity index (χ0n) is 53.3. The average Bonchev–Trinajstić information content (AvgIpc) is 1.59. The Kier molecular flexibility index (Phi) is 22.6. The van der Waals surface area contributed by atoms with Crippen LogP contribution in [0.1, 0.15) is 124 Å². The van der Waals surface area contributed by atoms with E-state index in [-0.39, 0.29) is 61.8 Å². The Labute approximate surface area is 551 Å². The van der Waals surface area contributed by atoms with Crippen molar-refractivity contribution in [1.29, 1.82) is 5.26 Å². The van der Waals surface area contributed by atoms with Crippen molar-refractivity contribution in [3.8, 4) is 23.3 Å². The van der Waals surface area contributed by atoms with Crippen LogP contribution in [-0.2, 0) is 19.8 Å². The summed E-state index contributed by atoms with van der Waals surface area (Å²) < 4.78 is 45.3. The summed E-state index contributed by atoms with van der Waals surface area (Å²) in [4.78, 5) is 80.2. The van der Waals surface area contributed by atoms with Crippen LogP contribution in [0, 0.1) is 35.3 Å². The molecule has 4 heterocycles. The Balaban J connectivity index is 0.680. The molecular formula is C71H79Cl2F2N11O7. The first-order chi connectivity index (χ1) is 44.7. The fraction of sp³-hybridized carbons (Fsp3) is 0.380. The van der Waals surface area contributed by atoms with E-state index in [2.05, 4.69) is 49.1 Å². The van der Waals surface area contributed by atoms with Crippen molar-refractivity contribution in [3.05, 3.63) is 176 Å². The molecule has 4 amide bonds. The molecular weight excluding hydrogens is 1230 g/mol. The summed E-state index contributed by atoms with van der Waals surface area (Å²) in [5, 5.41) is 27.0. The highest BCUT2D eigenvalue weighted by atomic mass is 35.5. The number of hydrogen-bond donors (Lipinski definition) is 5. The molecule has 9 rings (SSSR count). The van der Waals surface area contributed by atoms with Gasteiger partial charge < -0.3 is 45.9 Å². The first-order valence-corrected chi connectivity index (χ1v) is 32.2. The standard InChI is InChI=1S/C71H79Cl2F2N11O7/c1-8-60(87)79-47-20-18-21-49(39-47)86-62(89)36-44(2)51-42-78-69(83-66(51)86)81-56-30-27-48(40-58(56)93-7)84-32-34-85(35-33-84)61(88)24-16-14-12-10-9-11-13-15-17-31-77-67(90)45-25-29-55(57(37-45)92-6)80-68(91)65-63(50-22-19-23-53(73)64(50)75)71(43-76,59(82-65)41-70(3,4)5)52-28-26-46(72)38-54(52)74/h8,18-23,25-30,36-40,42,59,63,65,82H,1,9-17,24,31-35,41H2,2-7H3,(H,77,90)(H,79,87)(H,80,91)(H,78,81,83)/t59-,63-,65+,71-/m0/s1. The van der Waals surface area contributed by atoms with Crippen molar-refractivity contribution in [2.45, 2.75) is 122 Å². The van der Waals surface area contributed by atoms with Crippen molar-refractivity contribution < 1.29 is 37.4 Å². The van der Waals surface area contributed by atoms with Crippen LogP contribution in [0.15, 0.2) is 127 Å². The number of nitriles is 1. The smallest absolute Gasteiger partial charge is 0.257 e. The highest BCUT2D eigenvalue weighted by Gasteiger charge is 2.61. The maximum atomic E-state index is 16.2. The van der Waals surface area contributed by atoms with Gasteiger partial charge in [-0.1, -0.05) is 120 Å². The third kappa shape index (κ3) is 16.1. The van der Waals surface area contributed by atoms with Gasteiger partial charge in [0.25, 0.3) is 11.5 Å². The van der Waals surface area contributed by atoms with E-state index in [1.54, 1.807) is 49.7 Å². The number of carbonyl (C=O) groups excluding carboxylic acids is 4. The molecule has 22 heteroatoms. The molecule has 0 spiro atoms. The summed E-state index contributed by atoms with van der Waals surface area (Å²) in [5.74, 6) is -3.00. The predicted octanol–water partition coefficient (Wildman–Crippen LogP) is 13.5. The molecule has 7 aromatic rings. The molecule has 93 heavy (non-hydrogen) atoms. The third-order valence-electron chi connectivity index (χ3n) is 17.3. The van der Waals surface area contributed by atoms with Gasteiger partial charge in [-0.05, 0) is 116 Å². The maximum Gasteiger partial charge on any atom is 0.257 e. The van der Waals surface area contributed by atoms with Crippen LogP contribution < -0.4 is 46.5 Å². The van der Waals surface area contributed by atoms with Crippen LogP contribution in [0.25, 0.3) is 16.7 Å². The lowest BCUT2D eigenvalue weighted by Gasteiger charge is -2.37. The minimum atomic E-state index is -1.81. The fourth-order valence-corrected chi connectivity index (χ4v) is 12.9. The second-order valence-corrected chi connectivity index (χ2v) is 25.7. The van der Waals surface area contributed by atoms with E-state index in [9.17, 15) is 29.2 Å². The lowest BCUT2D eigenvalue weighted by Crippen LogP contribution is -2.48. The van der Waals surface area contributed by atoms with E-state index >= 15 is 8.78 Å². The number of rotatable bonds is 26. The van der Waals surface area contributed by atoms with Gasteiger partial charge in [0.15, 0.2) is 5.65 Å². The Morgan fingerprint density at radius 3 is 2.19 bits per heavy atom. The van der Waals surface area contributed by atoms with Gasteiger partial charge in [-0.25, -0.2) is 13.8 Å². The molecule has 0 radical (unpaired) electrons. The molecule has 18 nitrogen and oxygen atoms in total. The molecule has 5 N–H and O–H groups in total. The SMILES string of the molecule is C=CC(=O)Nc1cccc(-n2c(=O)cc(C)c3cnc(Nc4ccc(N5CCN(C(=O)CCCCCCCCCCCNC(=O)c6ccc(NC(=O)[C@@H]7N[C@@H](CC(C)(C)C)[C@](C#N)(c8ccc(Cl)cc8F)[C@H]7c7cccc(Cl)c7F)c(OC)c6)CC5)cc4OC)nc32)c1. The van der Waals surface area contributed by atoms with Crippen LogP contribution in [-0.4, -0.2) is 102 Å². The van der Waals surface area contributed by atoms with E-state index in [1.165, 1.54) is 60.2 Å². The summed E-state index contributed by atoms with van der Waals surface area (Å²) in [6, 6.07) is 27.5. The number of nitrogens with zero attached hydrogens (tertiary/aromatic N) is 6. The number of unbranched alkanes of at least 4 members (excludes halogenated alkanes) is 8. The molecule has 0 aliphatic carbocycles. The number of anilines is 5. The molecule has 0 bridgehead atoms. The van der Waals surface area contributed by atoms with Crippen molar-refractivity contribution in [2.75, 3.05) is 67.8 Å². The molecule has 2 aliphatic heterocycles. The van der Waals surface area contributed by atoms with Gasteiger partial charge in [0.2, 0.25) is 23.7 Å². The molecule has 488 valence electrons. The Hall–Kier alpha value is -8.90. The van der Waals surface area contributed by atoms with Gasteiger partial charge in [0.05, 0.1) is 48.4 Å². The number of benzene rings is 5. The van der Waals surface area contributed by atoms with Gasteiger partial charge >= 0.3 is 0 Å². The molecule has 4 atom stereocenters. The van der Waals surface area contributed by atoms with Crippen LogP contribution in [0.5, 0.6) is 11.5 Å². The van der Waals surface area contributed by atoms with Crippen molar-refractivity contribution in [3.63, 3.8) is 0 Å². The number of hydrogen-bond acceptors (Lipinski definition) is 13. The second-order valence-electron chi connectivity index (χ2n) is 24.8. The van der Waals surface area contributed by atoms with Gasteiger partial charge in [0.1, 0.15) is 28.5 Å². The number of nitrogens with one attached hydrogen (secondary N) is 5. The topological polar surface area (TPSA) is 225 Å². The number of methoxy groups -OCH3 is 2. The van der Waals surface area contributed by atoms with Crippen molar-refractivity contribution in [1.82, 2.24) is 30.1 Å². The number of ether oxygens (including phenoxy) is 2.